The Balaban J connectivity index is 1.66. The Hall–Kier alpha value is -3.14. The maximum Gasteiger partial charge on any atom is 0.416 e. The summed E-state index contributed by atoms with van der Waals surface area (Å²) in [5.41, 5.74) is 0.170. The minimum Gasteiger partial charge on any atom is -0.492 e. The first-order valence-electron chi connectivity index (χ1n) is 9.11. The summed E-state index contributed by atoms with van der Waals surface area (Å²) in [5.74, 6) is -0.159. The Labute approximate surface area is 172 Å². The fourth-order valence-electron chi connectivity index (χ4n) is 2.45. The predicted molar refractivity (Wildman–Crippen MR) is 105 cm³/mol. The average molecular weight is 424 g/mol. The minimum atomic E-state index is -4.44. The van der Waals surface area contributed by atoms with Crippen LogP contribution < -0.4 is 15.4 Å². The number of likely N-dealkylation sites (N-methyl/N-ethyl adjacent to an activating group) is 1. The van der Waals surface area contributed by atoms with Gasteiger partial charge in [0.1, 0.15) is 18.2 Å². The maximum atomic E-state index is 12.7. The van der Waals surface area contributed by atoms with Gasteiger partial charge in [0.15, 0.2) is 0 Å². The summed E-state index contributed by atoms with van der Waals surface area (Å²) in [7, 11) is 1.61. The van der Waals surface area contributed by atoms with E-state index in [0.29, 0.717) is 5.82 Å². The van der Waals surface area contributed by atoms with E-state index < -0.39 is 11.7 Å². The highest BCUT2D eigenvalue weighted by Gasteiger charge is 2.30. The fourth-order valence-corrected chi connectivity index (χ4v) is 2.45. The summed E-state index contributed by atoms with van der Waals surface area (Å²) in [5, 5.41) is 5.22. The molecule has 2 amide bonds. The molecule has 7 nitrogen and oxygen atoms in total. The largest absolute Gasteiger partial charge is 0.492 e. The standard InChI is InChI=1S/C20H23F3N4O3/c1-14-6-7-17(25-11-14)26-19(29)13-27(2)12-18(28)24-8-9-30-16-5-3-4-15(10-16)20(21,22)23/h3-7,10-11H,8-9,12-13H2,1-2H3,(H,24,28)(H,25,26,29). The van der Waals surface area contributed by atoms with Crippen LogP contribution in [0.5, 0.6) is 5.75 Å². The van der Waals surface area contributed by atoms with Crippen LogP contribution in [-0.2, 0) is 15.8 Å². The van der Waals surface area contributed by atoms with Crippen LogP contribution in [0.4, 0.5) is 19.0 Å². The monoisotopic (exact) mass is 424 g/mol. The molecule has 162 valence electrons. The Bertz CT molecular complexity index is 857. The summed E-state index contributed by atoms with van der Waals surface area (Å²) >= 11 is 0. The van der Waals surface area contributed by atoms with Gasteiger partial charge < -0.3 is 15.4 Å². The molecule has 0 spiro atoms. The number of pyridine rings is 1. The summed E-state index contributed by atoms with van der Waals surface area (Å²) in [6, 6.07) is 8.02. The van der Waals surface area contributed by atoms with E-state index in [9.17, 15) is 22.8 Å². The SMILES string of the molecule is Cc1ccc(NC(=O)CN(C)CC(=O)NCCOc2cccc(C(F)(F)F)c2)nc1. The first-order chi connectivity index (χ1) is 14.1. The third-order valence-electron chi connectivity index (χ3n) is 3.86. The molecule has 1 aromatic carbocycles. The number of nitrogens with one attached hydrogen (secondary N) is 2. The van der Waals surface area contributed by atoms with Crippen molar-refractivity contribution in [2.75, 3.05) is 38.6 Å². The number of carbonyl (C=O) groups is 2. The highest BCUT2D eigenvalue weighted by atomic mass is 19.4. The van der Waals surface area contributed by atoms with Crippen LogP contribution in [-0.4, -0.2) is 55.0 Å². The summed E-state index contributed by atoms with van der Waals surface area (Å²) in [6.07, 6.45) is -2.81. The van der Waals surface area contributed by atoms with Gasteiger partial charge in [-0.25, -0.2) is 4.98 Å². The normalized spacial score (nSPS) is 11.3. The molecule has 0 radical (unpaired) electrons. The second-order valence-corrected chi connectivity index (χ2v) is 6.67. The second kappa shape index (κ2) is 10.6. The maximum absolute atomic E-state index is 12.7. The number of ether oxygens (including phenoxy) is 1. The average Bonchev–Trinajstić information content (AvgIpc) is 2.66. The van der Waals surface area contributed by atoms with Crippen molar-refractivity contribution in [3.05, 3.63) is 53.7 Å². The lowest BCUT2D eigenvalue weighted by molar-refractivity contribution is -0.137. The smallest absolute Gasteiger partial charge is 0.416 e. The summed E-state index contributed by atoms with van der Waals surface area (Å²) in [4.78, 5) is 29.5. The Morgan fingerprint density at radius 3 is 2.53 bits per heavy atom. The van der Waals surface area contributed by atoms with Gasteiger partial charge in [-0.15, -0.1) is 0 Å². The number of aromatic nitrogens is 1. The van der Waals surface area contributed by atoms with Crippen LogP contribution in [0.3, 0.4) is 0 Å². The highest BCUT2D eigenvalue weighted by Crippen LogP contribution is 2.31. The van der Waals surface area contributed by atoms with E-state index in [1.54, 1.807) is 19.3 Å². The Morgan fingerprint density at radius 2 is 1.87 bits per heavy atom. The quantitative estimate of drug-likeness (QED) is 0.605. The van der Waals surface area contributed by atoms with Crippen molar-refractivity contribution in [1.82, 2.24) is 15.2 Å². The van der Waals surface area contributed by atoms with Crippen LogP contribution in [0.15, 0.2) is 42.6 Å². The van der Waals surface area contributed by atoms with Gasteiger partial charge in [-0.05, 0) is 43.8 Å². The van der Waals surface area contributed by atoms with Gasteiger partial charge in [-0.1, -0.05) is 12.1 Å². The first kappa shape index (κ1) is 23.1. The van der Waals surface area contributed by atoms with E-state index in [4.69, 9.17) is 4.74 Å². The molecule has 0 bridgehead atoms. The van der Waals surface area contributed by atoms with Gasteiger partial charge in [0.05, 0.1) is 25.2 Å². The number of alkyl halides is 3. The number of anilines is 1. The summed E-state index contributed by atoms with van der Waals surface area (Å²) in [6.45, 7) is 1.97. The van der Waals surface area contributed by atoms with Crippen LogP contribution in [0.25, 0.3) is 0 Å². The number of amides is 2. The van der Waals surface area contributed by atoms with Crippen molar-refractivity contribution in [2.24, 2.45) is 0 Å². The number of benzene rings is 1. The number of carbonyl (C=O) groups excluding carboxylic acids is 2. The number of halogens is 3. The lowest BCUT2D eigenvalue weighted by atomic mass is 10.2. The number of aryl methyl sites for hydroxylation is 1. The molecule has 1 aromatic heterocycles. The van der Waals surface area contributed by atoms with Gasteiger partial charge in [0.2, 0.25) is 11.8 Å². The van der Waals surface area contributed by atoms with Crippen molar-refractivity contribution < 1.29 is 27.5 Å². The third kappa shape index (κ3) is 8.08. The lowest BCUT2D eigenvalue weighted by Crippen LogP contribution is -2.40. The molecule has 2 N–H and O–H groups in total. The summed E-state index contributed by atoms with van der Waals surface area (Å²) < 4.78 is 43.2. The van der Waals surface area contributed by atoms with E-state index in [-0.39, 0.29) is 43.8 Å². The van der Waals surface area contributed by atoms with Crippen molar-refractivity contribution in [3.8, 4) is 5.75 Å². The van der Waals surface area contributed by atoms with Gasteiger partial charge in [-0.2, -0.15) is 13.2 Å². The van der Waals surface area contributed by atoms with Gasteiger partial charge in [-0.3, -0.25) is 14.5 Å². The molecule has 2 rings (SSSR count). The fraction of sp³-hybridized carbons (Fsp3) is 0.350. The zero-order chi connectivity index (χ0) is 22.1. The van der Waals surface area contributed by atoms with Crippen molar-refractivity contribution in [3.63, 3.8) is 0 Å². The molecule has 0 atom stereocenters. The molecule has 0 aliphatic carbocycles. The third-order valence-corrected chi connectivity index (χ3v) is 3.86. The molecule has 0 aliphatic rings. The molecule has 0 fully saturated rings. The van der Waals surface area contributed by atoms with Crippen molar-refractivity contribution >= 4 is 17.6 Å². The lowest BCUT2D eigenvalue weighted by Gasteiger charge is -2.16. The second-order valence-electron chi connectivity index (χ2n) is 6.67. The molecule has 1 heterocycles. The van der Waals surface area contributed by atoms with Crippen LogP contribution in [0, 0.1) is 6.92 Å². The van der Waals surface area contributed by atoms with Crippen LogP contribution >= 0.6 is 0 Å². The van der Waals surface area contributed by atoms with Crippen molar-refractivity contribution in [1.29, 1.82) is 0 Å². The van der Waals surface area contributed by atoms with E-state index in [0.717, 1.165) is 17.7 Å². The minimum absolute atomic E-state index is 0.0102. The zero-order valence-corrected chi connectivity index (χ0v) is 16.6. The van der Waals surface area contributed by atoms with Crippen LogP contribution in [0.1, 0.15) is 11.1 Å². The molecule has 30 heavy (non-hydrogen) atoms. The van der Waals surface area contributed by atoms with Gasteiger partial charge >= 0.3 is 6.18 Å². The molecule has 10 heteroatoms. The van der Waals surface area contributed by atoms with Gasteiger partial charge in [0.25, 0.3) is 0 Å². The first-order valence-corrected chi connectivity index (χ1v) is 9.11. The zero-order valence-electron chi connectivity index (χ0n) is 16.6. The molecule has 2 aromatic rings. The molecule has 0 unspecified atom stereocenters. The molecule has 0 saturated carbocycles. The number of hydrogen-bond acceptors (Lipinski definition) is 5. The van der Waals surface area contributed by atoms with E-state index >= 15 is 0 Å². The van der Waals surface area contributed by atoms with Crippen LogP contribution in [0.2, 0.25) is 0 Å². The molecular formula is C20H23F3N4O3. The van der Waals surface area contributed by atoms with E-state index in [2.05, 4.69) is 15.6 Å². The van der Waals surface area contributed by atoms with Gasteiger partial charge in [0, 0.05) is 6.20 Å². The Morgan fingerprint density at radius 1 is 1.13 bits per heavy atom. The highest BCUT2D eigenvalue weighted by molar-refractivity contribution is 5.91. The van der Waals surface area contributed by atoms with E-state index in [1.165, 1.54) is 17.0 Å². The number of nitrogens with zero attached hydrogens (tertiary/aromatic N) is 2. The number of hydrogen-bond donors (Lipinski definition) is 2. The topological polar surface area (TPSA) is 83.6 Å². The predicted octanol–water partition coefficient (Wildman–Crippen LogP) is 2.47. The van der Waals surface area contributed by atoms with Crippen molar-refractivity contribution in [2.45, 2.75) is 13.1 Å². The Kier molecular flexibility index (Phi) is 8.16. The number of rotatable bonds is 9. The molecule has 0 saturated heterocycles. The van der Waals surface area contributed by atoms with E-state index in [1.807, 2.05) is 13.0 Å². The molecular weight excluding hydrogens is 401 g/mol. The molecule has 0 aliphatic heterocycles.